The molecule has 0 aliphatic carbocycles. The van der Waals surface area contributed by atoms with Crippen LogP contribution in [-0.4, -0.2) is 29.2 Å². The summed E-state index contributed by atoms with van der Waals surface area (Å²) in [7, 11) is 0. The van der Waals surface area contributed by atoms with Crippen LogP contribution in [0.3, 0.4) is 0 Å². The molecule has 0 radical (unpaired) electrons. The van der Waals surface area contributed by atoms with Gasteiger partial charge in [-0.3, -0.25) is 9.59 Å². The van der Waals surface area contributed by atoms with Crippen molar-refractivity contribution in [2.75, 3.05) is 18.0 Å². The van der Waals surface area contributed by atoms with E-state index >= 15 is 0 Å². The number of nitrogens with zero attached hydrogens (tertiary/aromatic N) is 2. The van der Waals surface area contributed by atoms with Crippen LogP contribution in [0.15, 0.2) is 17.1 Å². The first-order valence-electron chi connectivity index (χ1n) is 5.26. The molecule has 1 saturated heterocycles. The van der Waals surface area contributed by atoms with Crippen molar-refractivity contribution in [3.05, 3.63) is 22.6 Å². The van der Waals surface area contributed by atoms with Crippen LogP contribution in [0, 0.1) is 5.92 Å². The van der Waals surface area contributed by atoms with E-state index in [0.29, 0.717) is 0 Å². The Morgan fingerprint density at radius 2 is 2.19 bits per heavy atom. The Kier molecular flexibility index (Phi) is 2.89. The first-order chi connectivity index (χ1) is 7.66. The predicted molar refractivity (Wildman–Crippen MR) is 59.0 cm³/mol. The smallest absolute Gasteiger partial charge is 0.266 e. The number of aromatic nitrogens is 2. The lowest BCUT2D eigenvalue weighted by Crippen LogP contribution is -2.38. The van der Waals surface area contributed by atoms with Crippen molar-refractivity contribution in [3.8, 4) is 0 Å². The first kappa shape index (κ1) is 10.7. The van der Waals surface area contributed by atoms with Crippen molar-refractivity contribution in [1.29, 1.82) is 0 Å². The molecule has 0 aromatic carbocycles. The molecule has 0 unspecified atom stereocenters. The molecular formula is C10H14N4O2. The largest absolute Gasteiger partial charge is 0.370 e. The van der Waals surface area contributed by atoms with Crippen molar-refractivity contribution in [2.45, 2.75) is 12.8 Å². The first-order valence-corrected chi connectivity index (χ1v) is 5.26. The van der Waals surface area contributed by atoms with Crippen molar-refractivity contribution in [3.63, 3.8) is 0 Å². The Balaban J connectivity index is 2.04. The van der Waals surface area contributed by atoms with Crippen molar-refractivity contribution in [2.24, 2.45) is 11.7 Å². The maximum atomic E-state index is 11.1. The number of anilines is 1. The molecule has 0 spiro atoms. The average Bonchev–Trinajstić information content (AvgIpc) is 2.29. The highest BCUT2D eigenvalue weighted by Gasteiger charge is 2.23. The fourth-order valence-corrected chi connectivity index (χ4v) is 1.96. The average molecular weight is 222 g/mol. The Morgan fingerprint density at radius 1 is 1.50 bits per heavy atom. The molecule has 6 heteroatoms. The summed E-state index contributed by atoms with van der Waals surface area (Å²) in [5, 5.41) is 6.07. The minimum absolute atomic E-state index is 0.0359. The minimum atomic E-state index is -0.233. The highest BCUT2D eigenvalue weighted by Crippen LogP contribution is 2.21. The van der Waals surface area contributed by atoms with Crippen LogP contribution in [0.25, 0.3) is 0 Å². The zero-order chi connectivity index (χ0) is 11.5. The quantitative estimate of drug-likeness (QED) is 0.703. The number of hydrogen-bond donors (Lipinski definition) is 2. The predicted octanol–water partition coefficient (Wildman–Crippen LogP) is -0.528. The zero-order valence-corrected chi connectivity index (χ0v) is 8.85. The lowest BCUT2D eigenvalue weighted by atomic mass is 9.96. The molecule has 2 heterocycles. The second kappa shape index (κ2) is 4.34. The highest BCUT2D eigenvalue weighted by molar-refractivity contribution is 5.77. The molecule has 1 aromatic heterocycles. The second-order valence-electron chi connectivity index (χ2n) is 3.97. The molecule has 0 atom stereocenters. The van der Waals surface area contributed by atoms with Gasteiger partial charge >= 0.3 is 0 Å². The number of amides is 1. The van der Waals surface area contributed by atoms with E-state index in [9.17, 15) is 9.59 Å². The topological polar surface area (TPSA) is 92.1 Å². The number of carbonyl (C=O) groups is 1. The number of nitrogens with one attached hydrogen (secondary N) is 1. The van der Waals surface area contributed by atoms with Gasteiger partial charge in [-0.1, -0.05) is 0 Å². The van der Waals surface area contributed by atoms with E-state index in [0.717, 1.165) is 31.6 Å². The van der Waals surface area contributed by atoms with E-state index in [-0.39, 0.29) is 17.4 Å². The van der Waals surface area contributed by atoms with E-state index in [2.05, 4.69) is 10.2 Å². The fraction of sp³-hybridized carbons (Fsp3) is 0.500. The van der Waals surface area contributed by atoms with E-state index in [1.165, 1.54) is 6.07 Å². The van der Waals surface area contributed by atoms with Gasteiger partial charge < -0.3 is 10.6 Å². The third-order valence-electron chi connectivity index (χ3n) is 2.91. The number of nitrogens with two attached hydrogens (primary N) is 1. The van der Waals surface area contributed by atoms with Gasteiger partial charge in [0, 0.05) is 25.1 Å². The van der Waals surface area contributed by atoms with Crippen molar-refractivity contribution in [1.82, 2.24) is 10.2 Å². The third-order valence-corrected chi connectivity index (χ3v) is 2.91. The monoisotopic (exact) mass is 222 g/mol. The summed E-state index contributed by atoms with van der Waals surface area (Å²) in [6.45, 7) is 1.47. The van der Waals surface area contributed by atoms with Gasteiger partial charge in [-0.25, -0.2) is 5.10 Å². The molecule has 86 valence electrons. The summed E-state index contributed by atoms with van der Waals surface area (Å²) in [5.41, 5.74) is 5.84. The molecule has 0 bridgehead atoms. The second-order valence-corrected chi connectivity index (χ2v) is 3.97. The van der Waals surface area contributed by atoms with E-state index in [4.69, 9.17) is 5.73 Å². The number of primary amides is 1. The van der Waals surface area contributed by atoms with Crippen molar-refractivity contribution >= 4 is 11.6 Å². The SMILES string of the molecule is NC(=O)C1CCN(c2cn[nH]c(=O)c2)CC1. The molecule has 1 aliphatic rings. The number of carbonyl (C=O) groups excluding carboxylic acids is 1. The van der Waals surface area contributed by atoms with E-state index < -0.39 is 0 Å². The fourth-order valence-electron chi connectivity index (χ4n) is 1.96. The minimum Gasteiger partial charge on any atom is -0.370 e. The Bertz CT molecular complexity index is 434. The molecule has 3 N–H and O–H groups in total. The van der Waals surface area contributed by atoms with E-state index in [1.807, 2.05) is 4.90 Å². The van der Waals surface area contributed by atoms with Gasteiger partial charge in [0.05, 0.1) is 11.9 Å². The molecule has 1 aromatic rings. The summed E-state index contributed by atoms with van der Waals surface area (Å²) in [6.07, 6.45) is 3.09. The standard InChI is InChI=1S/C10H14N4O2/c11-10(16)7-1-3-14(4-2-7)8-5-9(15)13-12-6-8/h5-7H,1-4H2,(H2,11,16)(H,13,15). The molecule has 6 nitrogen and oxygen atoms in total. The van der Waals surface area contributed by atoms with Gasteiger partial charge in [-0.2, -0.15) is 5.10 Å². The summed E-state index contributed by atoms with van der Waals surface area (Å²) < 4.78 is 0. The summed E-state index contributed by atoms with van der Waals surface area (Å²) in [4.78, 5) is 24.1. The Morgan fingerprint density at radius 3 is 2.75 bits per heavy atom. The van der Waals surface area contributed by atoms with Gasteiger partial charge in [0.2, 0.25) is 5.91 Å². The molecular weight excluding hydrogens is 208 g/mol. The summed E-state index contributed by atoms with van der Waals surface area (Å²) in [5.74, 6) is -0.269. The summed E-state index contributed by atoms with van der Waals surface area (Å²) >= 11 is 0. The van der Waals surface area contributed by atoms with Gasteiger partial charge in [-0.15, -0.1) is 0 Å². The van der Waals surface area contributed by atoms with Crippen LogP contribution in [0.5, 0.6) is 0 Å². The normalized spacial score (nSPS) is 17.4. The molecule has 16 heavy (non-hydrogen) atoms. The van der Waals surface area contributed by atoms with Crippen LogP contribution in [-0.2, 0) is 4.79 Å². The number of hydrogen-bond acceptors (Lipinski definition) is 4. The number of aromatic amines is 1. The Hall–Kier alpha value is -1.85. The molecule has 2 rings (SSSR count). The van der Waals surface area contributed by atoms with E-state index in [1.54, 1.807) is 6.20 Å². The number of rotatable bonds is 2. The van der Waals surface area contributed by atoms with Crippen LogP contribution in [0.2, 0.25) is 0 Å². The van der Waals surface area contributed by atoms with Crippen LogP contribution < -0.4 is 16.2 Å². The van der Waals surface area contributed by atoms with Crippen LogP contribution >= 0.6 is 0 Å². The maximum Gasteiger partial charge on any atom is 0.266 e. The van der Waals surface area contributed by atoms with Crippen LogP contribution in [0.4, 0.5) is 5.69 Å². The van der Waals surface area contributed by atoms with Crippen LogP contribution in [0.1, 0.15) is 12.8 Å². The third kappa shape index (κ3) is 2.21. The molecule has 1 fully saturated rings. The molecule has 1 amide bonds. The Labute approximate surface area is 92.4 Å². The van der Waals surface area contributed by atoms with Gasteiger partial charge in [0.15, 0.2) is 0 Å². The highest BCUT2D eigenvalue weighted by atomic mass is 16.1. The number of piperidine rings is 1. The molecule has 0 saturated carbocycles. The maximum absolute atomic E-state index is 11.1. The van der Waals surface area contributed by atoms with Gasteiger partial charge in [0.25, 0.3) is 5.56 Å². The lowest BCUT2D eigenvalue weighted by molar-refractivity contribution is -0.122. The van der Waals surface area contributed by atoms with Gasteiger partial charge in [0.1, 0.15) is 0 Å². The van der Waals surface area contributed by atoms with Gasteiger partial charge in [-0.05, 0) is 12.8 Å². The molecule has 1 aliphatic heterocycles. The van der Waals surface area contributed by atoms with Crippen molar-refractivity contribution < 1.29 is 4.79 Å². The summed E-state index contributed by atoms with van der Waals surface area (Å²) in [6, 6.07) is 1.51. The zero-order valence-electron chi connectivity index (χ0n) is 8.85. The lowest BCUT2D eigenvalue weighted by Gasteiger charge is -2.31. The number of H-pyrrole nitrogens is 1.